The fourth-order valence-corrected chi connectivity index (χ4v) is 3.63. The van der Waals surface area contributed by atoms with Crippen LogP contribution in [-0.2, 0) is 9.59 Å². The number of primary amides is 1. The highest BCUT2D eigenvalue weighted by Gasteiger charge is 2.37. The van der Waals surface area contributed by atoms with Crippen molar-refractivity contribution >= 4 is 28.8 Å². The van der Waals surface area contributed by atoms with Crippen LogP contribution in [0.5, 0.6) is 0 Å². The van der Waals surface area contributed by atoms with Crippen LogP contribution in [0.3, 0.4) is 0 Å². The number of aryl methyl sites for hydroxylation is 1. The molecule has 0 radical (unpaired) electrons. The predicted octanol–water partition coefficient (Wildman–Crippen LogP) is 3.38. The molecule has 2 N–H and O–H groups in total. The van der Waals surface area contributed by atoms with E-state index in [9.17, 15) is 14.4 Å². The number of nitrogens with zero attached hydrogens (tertiary/aromatic N) is 1. The maximum Gasteiger partial charge on any atom is 0.294 e. The van der Waals surface area contributed by atoms with Crippen molar-refractivity contribution in [2.45, 2.75) is 39.0 Å². The second-order valence-corrected chi connectivity index (χ2v) is 6.84. The molecule has 128 valence electrons. The Balaban J connectivity index is 0.000000249. The largest absolute Gasteiger partial charge is 0.368 e. The van der Waals surface area contributed by atoms with Gasteiger partial charge in [-0.3, -0.25) is 19.3 Å². The van der Waals surface area contributed by atoms with Crippen LogP contribution in [0.2, 0.25) is 0 Å². The summed E-state index contributed by atoms with van der Waals surface area (Å²) in [5, 5.41) is -0.387. The van der Waals surface area contributed by atoms with Crippen molar-refractivity contribution in [1.29, 1.82) is 0 Å². The van der Waals surface area contributed by atoms with Gasteiger partial charge in [0.15, 0.2) is 0 Å². The van der Waals surface area contributed by atoms with Crippen LogP contribution >= 0.6 is 11.8 Å². The van der Waals surface area contributed by atoms with Gasteiger partial charge in [0.1, 0.15) is 6.54 Å². The Kier molecular flexibility index (Phi) is 6.61. The molecule has 1 saturated heterocycles. The van der Waals surface area contributed by atoms with E-state index in [2.05, 4.69) is 19.1 Å². The van der Waals surface area contributed by atoms with Crippen LogP contribution < -0.4 is 5.73 Å². The fourth-order valence-electron chi connectivity index (χ4n) is 2.65. The molecule has 6 heteroatoms. The number of thioether (sulfide) groups is 1. The van der Waals surface area contributed by atoms with E-state index in [1.807, 2.05) is 18.2 Å². The molecule has 3 rings (SSSR count). The summed E-state index contributed by atoms with van der Waals surface area (Å²) in [6, 6.07) is 10.3. The summed E-state index contributed by atoms with van der Waals surface area (Å²) >= 11 is 0.940. The van der Waals surface area contributed by atoms with Crippen molar-refractivity contribution in [3.63, 3.8) is 0 Å². The van der Waals surface area contributed by atoms with Gasteiger partial charge in [-0.15, -0.1) is 0 Å². The van der Waals surface area contributed by atoms with Crippen LogP contribution in [-0.4, -0.2) is 28.5 Å². The number of amides is 3. The second kappa shape index (κ2) is 8.68. The lowest BCUT2D eigenvalue weighted by Gasteiger charge is -2.15. The minimum Gasteiger partial charge on any atom is -0.368 e. The first kappa shape index (κ1) is 18.3. The third-order valence-electron chi connectivity index (χ3n) is 3.88. The van der Waals surface area contributed by atoms with Crippen molar-refractivity contribution in [2.24, 2.45) is 5.73 Å². The van der Waals surface area contributed by atoms with E-state index in [4.69, 9.17) is 5.73 Å². The van der Waals surface area contributed by atoms with Gasteiger partial charge in [-0.2, -0.15) is 0 Å². The molecule has 1 aromatic carbocycles. The van der Waals surface area contributed by atoms with E-state index >= 15 is 0 Å². The van der Waals surface area contributed by atoms with E-state index < -0.39 is 5.91 Å². The SMILES string of the molecule is Cc1ccccc1.NC(=O)CN1C(=O)SC(=C2CCCCC2)C1=O. The summed E-state index contributed by atoms with van der Waals surface area (Å²) in [5.74, 6) is -1.02. The van der Waals surface area contributed by atoms with E-state index in [0.717, 1.165) is 47.9 Å². The highest BCUT2D eigenvalue weighted by molar-refractivity contribution is 8.18. The number of rotatable bonds is 2. The maximum absolute atomic E-state index is 12.0. The second-order valence-electron chi connectivity index (χ2n) is 5.87. The van der Waals surface area contributed by atoms with Crippen molar-refractivity contribution in [3.8, 4) is 0 Å². The summed E-state index contributed by atoms with van der Waals surface area (Å²) in [4.78, 5) is 35.8. The van der Waals surface area contributed by atoms with Gasteiger partial charge in [0.25, 0.3) is 11.1 Å². The predicted molar refractivity (Wildman–Crippen MR) is 95.2 cm³/mol. The molecule has 5 nitrogen and oxygen atoms in total. The molecule has 1 saturated carbocycles. The van der Waals surface area contributed by atoms with Gasteiger partial charge in [-0.1, -0.05) is 47.9 Å². The smallest absolute Gasteiger partial charge is 0.294 e. The number of allylic oxidation sites excluding steroid dienone is 1. The van der Waals surface area contributed by atoms with Gasteiger partial charge in [0.05, 0.1) is 4.91 Å². The molecule has 1 aliphatic heterocycles. The highest BCUT2D eigenvalue weighted by atomic mass is 32.2. The third kappa shape index (κ3) is 4.96. The van der Waals surface area contributed by atoms with Gasteiger partial charge in [-0.25, -0.2) is 0 Å². The Hall–Kier alpha value is -2.08. The number of carbonyl (C=O) groups excluding carboxylic acids is 3. The Labute approximate surface area is 146 Å². The molecule has 1 aromatic rings. The number of nitrogens with two attached hydrogens (primary N) is 1. The molecule has 0 aromatic heterocycles. The summed E-state index contributed by atoms with van der Waals surface area (Å²) in [7, 11) is 0. The third-order valence-corrected chi connectivity index (χ3v) is 4.94. The molecular weight excluding hydrogens is 324 g/mol. The Morgan fingerprint density at radius 1 is 1.12 bits per heavy atom. The number of carbonyl (C=O) groups is 3. The zero-order chi connectivity index (χ0) is 17.5. The minimum atomic E-state index is -0.665. The first-order chi connectivity index (χ1) is 11.5. The van der Waals surface area contributed by atoms with Crippen LogP contribution in [0.1, 0.15) is 37.7 Å². The quantitative estimate of drug-likeness (QED) is 0.833. The first-order valence-electron chi connectivity index (χ1n) is 8.04. The molecule has 0 bridgehead atoms. The van der Waals surface area contributed by atoms with E-state index in [1.54, 1.807) is 0 Å². The van der Waals surface area contributed by atoms with Crippen molar-refractivity contribution in [1.82, 2.24) is 4.90 Å². The molecule has 0 unspecified atom stereocenters. The molecule has 0 spiro atoms. The fraction of sp³-hybridized carbons (Fsp3) is 0.389. The topological polar surface area (TPSA) is 80.5 Å². The molecule has 24 heavy (non-hydrogen) atoms. The minimum absolute atomic E-state index is 0.318. The number of imide groups is 1. The molecule has 1 aliphatic carbocycles. The van der Waals surface area contributed by atoms with Crippen molar-refractivity contribution in [3.05, 3.63) is 46.4 Å². The molecule has 3 amide bonds. The highest BCUT2D eigenvalue weighted by Crippen LogP contribution is 2.37. The molecule has 2 aliphatic rings. The van der Waals surface area contributed by atoms with Crippen LogP contribution in [0.25, 0.3) is 0 Å². The van der Waals surface area contributed by atoms with Crippen molar-refractivity contribution in [2.75, 3.05) is 6.54 Å². The summed E-state index contributed by atoms with van der Waals surface area (Å²) in [6.07, 6.45) is 5.07. The zero-order valence-electron chi connectivity index (χ0n) is 13.8. The summed E-state index contributed by atoms with van der Waals surface area (Å²) < 4.78 is 0. The molecule has 1 heterocycles. The normalized spacial score (nSPS) is 17.6. The van der Waals surface area contributed by atoms with Gasteiger partial charge in [0, 0.05) is 0 Å². The van der Waals surface area contributed by atoms with Gasteiger partial charge in [-0.05, 0) is 44.4 Å². The van der Waals surface area contributed by atoms with Crippen LogP contribution in [0.4, 0.5) is 4.79 Å². The number of benzene rings is 1. The standard InChI is InChI=1S/C11H14N2O3S.C7H8/c12-8(14)6-13-10(15)9(17-11(13)16)7-4-2-1-3-5-7;1-7-5-3-2-4-6-7/h1-6H2,(H2,12,14);2-6H,1H3. The molecule has 0 atom stereocenters. The van der Waals surface area contributed by atoms with Gasteiger partial charge in [0.2, 0.25) is 5.91 Å². The Morgan fingerprint density at radius 2 is 1.75 bits per heavy atom. The average molecular weight is 346 g/mol. The zero-order valence-corrected chi connectivity index (χ0v) is 14.6. The molecular formula is C18H22N2O3S. The molecule has 2 fully saturated rings. The van der Waals surface area contributed by atoms with E-state index in [0.29, 0.717) is 4.91 Å². The van der Waals surface area contributed by atoms with Gasteiger partial charge >= 0.3 is 0 Å². The van der Waals surface area contributed by atoms with E-state index in [-0.39, 0.29) is 17.7 Å². The lowest BCUT2D eigenvalue weighted by molar-refractivity contribution is -0.128. The van der Waals surface area contributed by atoms with Crippen molar-refractivity contribution < 1.29 is 14.4 Å². The number of hydrogen-bond acceptors (Lipinski definition) is 4. The Morgan fingerprint density at radius 3 is 2.25 bits per heavy atom. The Bertz CT molecular complexity index is 647. The number of hydrogen-bond donors (Lipinski definition) is 1. The first-order valence-corrected chi connectivity index (χ1v) is 8.86. The maximum atomic E-state index is 12.0. The summed E-state index contributed by atoms with van der Waals surface area (Å²) in [5.41, 5.74) is 7.39. The lowest BCUT2D eigenvalue weighted by Crippen LogP contribution is -2.36. The van der Waals surface area contributed by atoms with Crippen LogP contribution in [0, 0.1) is 6.92 Å². The monoisotopic (exact) mass is 346 g/mol. The van der Waals surface area contributed by atoms with Gasteiger partial charge < -0.3 is 5.73 Å². The average Bonchev–Trinajstić information content (AvgIpc) is 2.85. The lowest BCUT2D eigenvalue weighted by atomic mass is 9.94. The van der Waals surface area contributed by atoms with Crippen LogP contribution in [0.15, 0.2) is 40.8 Å². The van der Waals surface area contributed by atoms with E-state index in [1.165, 1.54) is 12.0 Å². The summed E-state index contributed by atoms with van der Waals surface area (Å²) in [6.45, 7) is 1.77.